The fourth-order valence-electron chi connectivity index (χ4n) is 1.47. The Balaban J connectivity index is 2.99. The summed E-state index contributed by atoms with van der Waals surface area (Å²) in [5.74, 6) is -0.143. The summed E-state index contributed by atoms with van der Waals surface area (Å²) in [7, 11) is 1.56. The van der Waals surface area contributed by atoms with Gasteiger partial charge in [-0.15, -0.1) is 0 Å². The van der Waals surface area contributed by atoms with Crippen molar-refractivity contribution >= 4 is 12.3 Å². The van der Waals surface area contributed by atoms with E-state index in [1.165, 1.54) is 6.07 Å². The number of rotatable bonds is 6. The molecule has 0 heterocycles. The Morgan fingerprint density at radius 1 is 1.25 bits per heavy atom. The molecule has 20 heavy (non-hydrogen) atoms. The number of ether oxygens (including phenoxy) is 3. The van der Waals surface area contributed by atoms with Gasteiger partial charge in [0.05, 0.1) is 6.61 Å². The molecule has 1 rings (SSSR count). The van der Waals surface area contributed by atoms with Gasteiger partial charge in [0, 0.05) is 12.7 Å². The molecule has 0 saturated carbocycles. The van der Waals surface area contributed by atoms with Crippen LogP contribution in [0, 0.1) is 0 Å². The minimum Gasteiger partial charge on any atom is -0.490 e. The Morgan fingerprint density at radius 3 is 2.50 bits per heavy atom. The van der Waals surface area contributed by atoms with Gasteiger partial charge in [0.15, 0.2) is 0 Å². The summed E-state index contributed by atoms with van der Waals surface area (Å²) >= 11 is 0. The topological polar surface area (TPSA) is 61.8 Å². The Bertz CT molecular complexity index is 474. The molecule has 0 spiro atoms. The first-order chi connectivity index (χ1) is 9.37. The summed E-state index contributed by atoms with van der Waals surface area (Å²) in [5.41, 5.74) is 0.0171. The van der Waals surface area contributed by atoms with E-state index in [9.17, 15) is 9.59 Å². The lowest BCUT2D eigenvalue weighted by Gasteiger charge is -2.20. The largest absolute Gasteiger partial charge is 0.490 e. The maximum atomic E-state index is 12.1. The number of esters is 1. The lowest BCUT2D eigenvalue weighted by atomic mass is 10.1. The van der Waals surface area contributed by atoms with Crippen LogP contribution in [0.5, 0.6) is 5.75 Å². The Labute approximate surface area is 118 Å². The van der Waals surface area contributed by atoms with Crippen molar-refractivity contribution in [1.29, 1.82) is 0 Å². The number of hydrogen-bond donors (Lipinski definition) is 0. The number of methoxy groups -OCH3 is 1. The summed E-state index contributed by atoms with van der Waals surface area (Å²) in [4.78, 5) is 23.0. The second-order valence-corrected chi connectivity index (χ2v) is 5.22. The molecule has 0 fully saturated rings. The molecule has 0 aromatic heterocycles. The highest BCUT2D eigenvalue weighted by Gasteiger charge is 2.21. The van der Waals surface area contributed by atoms with Gasteiger partial charge in [-0.1, -0.05) is 0 Å². The van der Waals surface area contributed by atoms with Crippen molar-refractivity contribution in [3.8, 4) is 5.75 Å². The highest BCUT2D eigenvalue weighted by atomic mass is 16.6. The second-order valence-electron chi connectivity index (χ2n) is 5.22. The van der Waals surface area contributed by atoms with Crippen LogP contribution in [-0.4, -0.2) is 38.2 Å². The average molecular weight is 280 g/mol. The van der Waals surface area contributed by atoms with Gasteiger partial charge in [-0.25, -0.2) is 4.79 Å². The molecule has 1 aromatic rings. The van der Waals surface area contributed by atoms with Gasteiger partial charge in [0.25, 0.3) is 0 Å². The Hall–Kier alpha value is -1.88. The molecule has 0 aliphatic rings. The lowest BCUT2D eigenvalue weighted by Crippen LogP contribution is -2.24. The average Bonchev–Trinajstić information content (AvgIpc) is 2.37. The summed E-state index contributed by atoms with van der Waals surface area (Å²) in [6, 6.07) is 4.63. The predicted octanol–water partition coefficient (Wildman–Crippen LogP) is 2.48. The number of hydrogen-bond acceptors (Lipinski definition) is 5. The molecule has 0 radical (unpaired) electrons. The smallest absolute Gasteiger partial charge is 0.342 e. The Kier molecular flexibility index (Phi) is 5.70. The molecule has 0 aliphatic carbocycles. The van der Waals surface area contributed by atoms with Crippen molar-refractivity contribution in [2.24, 2.45) is 0 Å². The zero-order valence-electron chi connectivity index (χ0n) is 12.3. The highest BCUT2D eigenvalue weighted by molar-refractivity contribution is 5.94. The van der Waals surface area contributed by atoms with Crippen molar-refractivity contribution in [3.63, 3.8) is 0 Å². The van der Waals surface area contributed by atoms with E-state index in [4.69, 9.17) is 14.2 Å². The molecule has 5 nitrogen and oxygen atoms in total. The third-order valence-electron chi connectivity index (χ3n) is 2.30. The first-order valence-corrected chi connectivity index (χ1v) is 6.31. The lowest BCUT2D eigenvalue weighted by molar-refractivity contribution is 0.00648. The summed E-state index contributed by atoms with van der Waals surface area (Å²) < 4.78 is 15.7. The van der Waals surface area contributed by atoms with Crippen LogP contribution in [0.1, 0.15) is 41.5 Å². The van der Waals surface area contributed by atoms with Crippen molar-refractivity contribution in [3.05, 3.63) is 29.3 Å². The van der Waals surface area contributed by atoms with Gasteiger partial charge in [-0.3, -0.25) is 4.79 Å². The van der Waals surface area contributed by atoms with Crippen molar-refractivity contribution in [2.75, 3.05) is 20.3 Å². The summed E-state index contributed by atoms with van der Waals surface area (Å²) in [6.45, 7) is 6.05. The molecule has 0 saturated heterocycles. The van der Waals surface area contributed by atoms with E-state index in [1.807, 2.05) is 0 Å². The maximum absolute atomic E-state index is 12.1. The van der Waals surface area contributed by atoms with Crippen LogP contribution >= 0.6 is 0 Å². The number of benzene rings is 1. The fourth-order valence-corrected chi connectivity index (χ4v) is 1.47. The van der Waals surface area contributed by atoms with Gasteiger partial charge in [-0.2, -0.15) is 0 Å². The van der Waals surface area contributed by atoms with E-state index in [0.29, 0.717) is 30.8 Å². The monoisotopic (exact) mass is 280 g/mol. The quantitative estimate of drug-likeness (QED) is 0.455. The van der Waals surface area contributed by atoms with E-state index in [-0.39, 0.29) is 5.56 Å². The van der Waals surface area contributed by atoms with E-state index in [1.54, 1.807) is 40.0 Å². The number of aldehydes is 1. The molecule has 1 aromatic carbocycles. The Morgan fingerprint density at radius 2 is 1.95 bits per heavy atom. The molecule has 0 atom stereocenters. The molecular weight excluding hydrogens is 260 g/mol. The van der Waals surface area contributed by atoms with Crippen LogP contribution in [0.3, 0.4) is 0 Å². The minimum atomic E-state index is -0.613. The molecule has 0 aliphatic heterocycles. The molecule has 0 amide bonds. The van der Waals surface area contributed by atoms with Gasteiger partial charge < -0.3 is 14.2 Å². The third-order valence-corrected chi connectivity index (χ3v) is 2.30. The molecule has 0 N–H and O–H groups in total. The number of carbonyl (C=O) groups excluding carboxylic acids is 2. The van der Waals surface area contributed by atoms with E-state index in [0.717, 1.165) is 0 Å². The van der Waals surface area contributed by atoms with Gasteiger partial charge in [-0.05, 0) is 39.0 Å². The molecule has 5 heteroatoms. The molecular formula is C15H20O5. The van der Waals surface area contributed by atoms with Crippen LogP contribution in [0.25, 0.3) is 0 Å². The van der Waals surface area contributed by atoms with Crippen LogP contribution in [0.2, 0.25) is 0 Å². The standard InChI is InChI=1S/C15H20O5/c1-15(2,3)20-14(17)12-9-11(10-16)5-6-13(12)19-8-7-18-4/h5-6,9-10H,7-8H2,1-4H3. The van der Waals surface area contributed by atoms with Gasteiger partial charge in [0.1, 0.15) is 29.8 Å². The molecule has 110 valence electrons. The van der Waals surface area contributed by atoms with Crippen LogP contribution < -0.4 is 4.74 Å². The van der Waals surface area contributed by atoms with Crippen LogP contribution in [0.4, 0.5) is 0 Å². The maximum Gasteiger partial charge on any atom is 0.342 e. The first-order valence-electron chi connectivity index (χ1n) is 6.31. The number of carbonyl (C=O) groups is 2. The normalized spacial score (nSPS) is 11.0. The van der Waals surface area contributed by atoms with E-state index in [2.05, 4.69) is 0 Å². The van der Waals surface area contributed by atoms with Gasteiger partial charge >= 0.3 is 5.97 Å². The predicted molar refractivity (Wildman–Crippen MR) is 74.4 cm³/mol. The van der Waals surface area contributed by atoms with E-state index < -0.39 is 11.6 Å². The van der Waals surface area contributed by atoms with Crippen molar-refractivity contribution in [1.82, 2.24) is 0 Å². The minimum absolute atomic E-state index is 0.237. The SMILES string of the molecule is COCCOc1ccc(C=O)cc1C(=O)OC(C)(C)C. The van der Waals surface area contributed by atoms with E-state index >= 15 is 0 Å². The molecule has 0 bridgehead atoms. The fraction of sp³-hybridized carbons (Fsp3) is 0.467. The first kappa shape index (κ1) is 16.2. The molecule has 0 unspecified atom stereocenters. The van der Waals surface area contributed by atoms with Crippen molar-refractivity contribution in [2.45, 2.75) is 26.4 Å². The third kappa shape index (κ3) is 5.01. The van der Waals surface area contributed by atoms with Crippen molar-refractivity contribution < 1.29 is 23.8 Å². The second kappa shape index (κ2) is 7.05. The zero-order chi connectivity index (χ0) is 15.2. The van der Waals surface area contributed by atoms with Gasteiger partial charge in [0.2, 0.25) is 0 Å². The van der Waals surface area contributed by atoms with Crippen LogP contribution in [0.15, 0.2) is 18.2 Å². The zero-order valence-corrected chi connectivity index (χ0v) is 12.3. The highest BCUT2D eigenvalue weighted by Crippen LogP contribution is 2.23. The summed E-state index contributed by atoms with van der Waals surface area (Å²) in [6.07, 6.45) is 0.673. The van der Waals surface area contributed by atoms with Crippen LogP contribution in [-0.2, 0) is 9.47 Å². The summed E-state index contributed by atoms with van der Waals surface area (Å²) in [5, 5.41) is 0.